The van der Waals surface area contributed by atoms with Crippen LogP contribution in [0.2, 0.25) is 10.0 Å². The molecule has 3 N–H and O–H groups in total. The molecule has 11 nitrogen and oxygen atoms in total. The number of hydrogen-bond acceptors (Lipinski definition) is 7. The number of tetrazole rings is 1. The van der Waals surface area contributed by atoms with Crippen molar-refractivity contribution in [2.45, 2.75) is 59.0 Å². The topological polar surface area (TPSA) is 143 Å². The van der Waals surface area contributed by atoms with Gasteiger partial charge in [-0.05, 0) is 77.8 Å². The zero-order valence-electron chi connectivity index (χ0n) is 23.0. The van der Waals surface area contributed by atoms with Crippen molar-refractivity contribution >= 4 is 41.0 Å². The smallest absolute Gasteiger partial charge is 0.269 e. The van der Waals surface area contributed by atoms with Crippen LogP contribution < -0.4 is 10.6 Å². The minimum atomic E-state index is -0.412. The van der Waals surface area contributed by atoms with Crippen molar-refractivity contribution in [3.63, 3.8) is 0 Å². The molecule has 1 aromatic carbocycles. The first-order chi connectivity index (χ1) is 19.6. The number of nitrogens with one attached hydrogen (secondary N) is 3. The number of rotatable bonds is 7. The molecule has 0 spiro atoms. The number of aromatic amines is 1. The maximum atomic E-state index is 13.6. The molecule has 13 heteroatoms. The Morgan fingerprint density at radius 2 is 1.80 bits per heavy atom. The summed E-state index contributed by atoms with van der Waals surface area (Å²) < 4.78 is 1.62. The van der Waals surface area contributed by atoms with Crippen molar-refractivity contribution in [1.82, 2.24) is 40.7 Å². The van der Waals surface area contributed by atoms with Gasteiger partial charge in [-0.15, -0.1) is 0 Å². The van der Waals surface area contributed by atoms with Crippen LogP contribution in [0.15, 0.2) is 42.6 Å². The second-order valence-corrected chi connectivity index (χ2v) is 12.1. The highest BCUT2D eigenvalue weighted by molar-refractivity contribution is 6.42. The van der Waals surface area contributed by atoms with Gasteiger partial charge in [0.15, 0.2) is 0 Å². The highest BCUT2D eigenvalue weighted by atomic mass is 35.5. The van der Waals surface area contributed by atoms with E-state index in [1.165, 1.54) is 6.20 Å². The number of halogens is 2. The van der Waals surface area contributed by atoms with Crippen LogP contribution in [0.25, 0.3) is 11.3 Å². The molecule has 3 aromatic heterocycles. The number of carbonyl (C=O) groups excluding carboxylic acids is 2. The van der Waals surface area contributed by atoms with Crippen LogP contribution in [-0.4, -0.2) is 53.2 Å². The number of H-pyrrole nitrogens is 1. The average Bonchev–Trinajstić information content (AvgIpc) is 3.61. The van der Waals surface area contributed by atoms with E-state index in [-0.39, 0.29) is 29.9 Å². The third-order valence-corrected chi connectivity index (χ3v) is 8.23. The van der Waals surface area contributed by atoms with Gasteiger partial charge in [-0.2, -0.15) is 5.10 Å². The monoisotopic (exact) mass is 595 g/mol. The molecule has 1 fully saturated rings. The molecule has 0 unspecified atom stereocenters. The van der Waals surface area contributed by atoms with Gasteiger partial charge >= 0.3 is 0 Å². The molecule has 41 heavy (non-hydrogen) atoms. The quantitative estimate of drug-likeness (QED) is 0.259. The molecule has 1 aliphatic carbocycles. The summed E-state index contributed by atoms with van der Waals surface area (Å²) in [6.07, 6.45) is 5.50. The summed E-state index contributed by atoms with van der Waals surface area (Å²) in [5.41, 5.74) is 2.93. The standard InChI is InChI=1S/C28H31Cl2N9O2/c1-28(2,3)18-6-9-19(10-7-18)32-26(41)24-13-23(16-5-11-21(29)22(30)12-16)36-39(24)15-20-8-4-17(14-31-20)25(40)33-27-34-37-38-35-27/h4-5,8,11-14,18-19H,6-7,9-10,15H2,1-3H3,(H,32,41)(H2,33,34,35,37,38,40)/t18-,19+. The lowest BCUT2D eigenvalue weighted by Gasteiger charge is -2.37. The first kappa shape index (κ1) is 28.7. The fourth-order valence-corrected chi connectivity index (χ4v) is 5.38. The maximum Gasteiger partial charge on any atom is 0.269 e. The first-order valence-corrected chi connectivity index (χ1v) is 14.2. The molecule has 0 saturated heterocycles. The Morgan fingerprint density at radius 3 is 2.44 bits per heavy atom. The molecule has 4 aromatic rings. The molecule has 0 aliphatic heterocycles. The van der Waals surface area contributed by atoms with Gasteiger partial charge in [0.05, 0.1) is 33.5 Å². The number of aromatic nitrogens is 7. The van der Waals surface area contributed by atoms with Gasteiger partial charge in [0.1, 0.15) is 5.69 Å². The van der Waals surface area contributed by atoms with Gasteiger partial charge in [-0.25, -0.2) is 5.10 Å². The number of benzene rings is 1. The molecule has 0 atom stereocenters. The molecule has 1 aliphatic rings. The van der Waals surface area contributed by atoms with Gasteiger partial charge in [-0.1, -0.05) is 55.1 Å². The summed E-state index contributed by atoms with van der Waals surface area (Å²) >= 11 is 12.4. The van der Waals surface area contributed by atoms with Gasteiger partial charge in [0.2, 0.25) is 5.95 Å². The van der Waals surface area contributed by atoms with Crippen molar-refractivity contribution in [2.24, 2.45) is 11.3 Å². The third kappa shape index (κ3) is 6.91. The molecule has 0 radical (unpaired) electrons. The summed E-state index contributed by atoms with van der Waals surface area (Å²) in [6, 6.07) is 10.4. The van der Waals surface area contributed by atoms with Crippen molar-refractivity contribution in [2.75, 3.05) is 5.32 Å². The second kappa shape index (κ2) is 12.0. The highest BCUT2D eigenvalue weighted by Gasteiger charge is 2.31. The lowest BCUT2D eigenvalue weighted by Crippen LogP contribution is -2.40. The van der Waals surface area contributed by atoms with Gasteiger partial charge in [0, 0.05) is 17.8 Å². The molecule has 1 saturated carbocycles. The van der Waals surface area contributed by atoms with Gasteiger partial charge < -0.3 is 5.32 Å². The number of carbonyl (C=O) groups is 2. The largest absolute Gasteiger partial charge is 0.348 e. The number of hydrogen-bond donors (Lipinski definition) is 3. The maximum absolute atomic E-state index is 13.6. The first-order valence-electron chi connectivity index (χ1n) is 13.4. The third-order valence-electron chi connectivity index (χ3n) is 7.49. The number of pyridine rings is 1. The van der Waals surface area contributed by atoms with E-state index in [0.29, 0.717) is 38.6 Å². The fourth-order valence-electron chi connectivity index (χ4n) is 5.08. The molecular weight excluding hydrogens is 565 g/mol. The summed E-state index contributed by atoms with van der Waals surface area (Å²) in [7, 11) is 0. The van der Waals surface area contributed by atoms with Crippen molar-refractivity contribution in [1.29, 1.82) is 0 Å². The normalized spacial score (nSPS) is 17.3. The highest BCUT2D eigenvalue weighted by Crippen LogP contribution is 2.38. The number of amides is 2. The Bertz CT molecular complexity index is 1520. The minimum Gasteiger partial charge on any atom is -0.348 e. The van der Waals surface area contributed by atoms with Crippen LogP contribution in [0.1, 0.15) is 73.0 Å². The average molecular weight is 597 g/mol. The molecule has 214 valence electrons. The van der Waals surface area contributed by atoms with Crippen LogP contribution in [0, 0.1) is 11.3 Å². The number of anilines is 1. The van der Waals surface area contributed by atoms with E-state index in [0.717, 1.165) is 31.2 Å². The van der Waals surface area contributed by atoms with E-state index in [1.54, 1.807) is 35.0 Å². The van der Waals surface area contributed by atoms with E-state index in [2.05, 4.69) is 57.0 Å². The van der Waals surface area contributed by atoms with E-state index in [4.69, 9.17) is 28.3 Å². The lowest BCUT2D eigenvalue weighted by atomic mass is 9.71. The number of nitrogens with zero attached hydrogens (tertiary/aromatic N) is 6. The Balaban J connectivity index is 1.35. The minimum absolute atomic E-state index is 0.105. The summed E-state index contributed by atoms with van der Waals surface area (Å²) in [5, 5.41) is 24.3. The van der Waals surface area contributed by atoms with Crippen LogP contribution in [0.5, 0.6) is 0 Å². The van der Waals surface area contributed by atoms with E-state index >= 15 is 0 Å². The Labute approximate surface area is 247 Å². The van der Waals surface area contributed by atoms with E-state index in [9.17, 15) is 9.59 Å². The van der Waals surface area contributed by atoms with Crippen molar-refractivity contribution in [3.05, 3.63) is 69.6 Å². The SMILES string of the molecule is CC(C)(C)[C@H]1CC[C@@H](NC(=O)c2cc(-c3ccc(Cl)c(Cl)c3)nn2Cc2ccc(C(=O)Nc3nnn[nH]3)cn2)CC1. The fraction of sp³-hybridized carbons (Fsp3) is 0.393. The molecule has 2 amide bonds. The predicted octanol–water partition coefficient (Wildman–Crippen LogP) is 5.40. The Kier molecular flexibility index (Phi) is 8.37. The molecular formula is C28H31Cl2N9O2. The van der Waals surface area contributed by atoms with Crippen LogP contribution in [0.3, 0.4) is 0 Å². The second-order valence-electron chi connectivity index (χ2n) is 11.3. The predicted molar refractivity (Wildman–Crippen MR) is 156 cm³/mol. The summed E-state index contributed by atoms with van der Waals surface area (Å²) in [5.74, 6) is 0.170. The molecule has 3 heterocycles. The summed E-state index contributed by atoms with van der Waals surface area (Å²) in [4.78, 5) is 30.4. The van der Waals surface area contributed by atoms with Crippen molar-refractivity contribution < 1.29 is 9.59 Å². The van der Waals surface area contributed by atoms with Crippen LogP contribution in [0.4, 0.5) is 5.95 Å². The lowest BCUT2D eigenvalue weighted by molar-refractivity contribution is 0.0893. The Morgan fingerprint density at radius 1 is 1.02 bits per heavy atom. The van der Waals surface area contributed by atoms with E-state index < -0.39 is 5.91 Å². The van der Waals surface area contributed by atoms with Crippen LogP contribution >= 0.6 is 23.2 Å². The molecule has 0 bridgehead atoms. The van der Waals surface area contributed by atoms with Crippen LogP contribution in [-0.2, 0) is 6.54 Å². The van der Waals surface area contributed by atoms with Gasteiger partial charge in [-0.3, -0.25) is 24.6 Å². The summed E-state index contributed by atoms with van der Waals surface area (Å²) in [6.45, 7) is 7.05. The zero-order chi connectivity index (χ0) is 29.1. The van der Waals surface area contributed by atoms with Crippen molar-refractivity contribution in [3.8, 4) is 11.3 Å². The zero-order valence-corrected chi connectivity index (χ0v) is 24.5. The Hall–Kier alpha value is -3.83. The van der Waals surface area contributed by atoms with Gasteiger partial charge in [0.25, 0.3) is 11.8 Å². The molecule has 5 rings (SSSR count). The van der Waals surface area contributed by atoms with E-state index in [1.807, 2.05) is 6.07 Å².